The summed E-state index contributed by atoms with van der Waals surface area (Å²) in [5, 5.41) is 9.57. The van der Waals surface area contributed by atoms with E-state index in [1.807, 2.05) is 30.3 Å². The molecule has 1 aliphatic rings. The number of allylic oxidation sites excluding steroid dienone is 1. The van der Waals surface area contributed by atoms with Crippen molar-refractivity contribution in [1.82, 2.24) is 4.57 Å². The summed E-state index contributed by atoms with van der Waals surface area (Å²) in [6.45, 7) is 3.65. The molecular weight excluding hydrogens is 544 g/mol. The Bertz CT molecular complexity index is 1660. The van der Waals surface area contributed by atoms with Gasteiger partial charge in [0.25, 0.3) is 5.56 Å². The minimum absolute atomic E-state index is 0.141. The highest BCUT2D eigenvalue weighted by molar-refractivity contribution is 9.10. The average molecular weight is 565 g/mol. The highest BCUT2D eigenvalue weighted by Crippen LogP contribution is 2.34. The van der Waals surface area contributed by atoms with Crippen molar-refractivity contribution in [2.24, 2.45) is 4.99 Å². The molecule has 1 atom stereocenters. The van der Waals surface area contributed by atoms with E-state index < -0.39 is 12.0 Å². The van der Waals surface area contributed by atoms with Gasteiger partial charge in [-0.05, 0) is 61.9 Å². The molecule has 7 nitrogen and oxygen atoms in total. The van der Waals surface area contributed by atoms with E-state index in [1.165, 1.54) is 15.9 Å². The molecule has 4 aromatic rings. The lowest BCUT2D eigenvalue weighted by Crippen LogP contribution is -2.39. The summed E-state index contributed by atoms with van der Waals surface area (Å²) < 4.78 is 14.4. The number of hydrogen-bond donors (Lipinski definition) is 1. The third-order valence-corrected chi connectivity index (χ3v) is 7.24. The van der Waals surface area contributed by atoms with Crippen molar-refractivity contribution in [2.75, 3.05) is 6.61 Å². The number of esters is 1. The number of halogens is 1. The topological polar surface area (TPSA) is 94.0 Å². The van der Waals surface area contributed by atoms with E-state index in [1.54, 1.807) is 50.3 Å². The second kappa shape index (κ2) is 9.75. The maximum Gasteiger partial charge on any atom is 0.338 e. The van der Waals surface area contributed by atoms with Crippen LogP contribution in [-0.2, 0) is 9.53 Å². The van der Waals surface area contributed by atoms with Crippen LogP contribution in [0.1, 0.15) is 31.2 Å². The molecule has 36 heavy (non-hydrogen) atoms. The van der Waals surface area contributed by atoms with Crippen LogP contribution in [0.3, 0.4) is 0 Å². The normalized spacial score (nSPS) is 15.5. The molecule has 0 saturated carbocycles. The molecule has 0 bridgehead atoms. The quantitative estimate of drug-likeness (QED) is 0.359. The van der Waals surface area contributed by atoms with Crippen LogP contribution in [0.2, 0.25) is 0 Å². The van der Waals surface area contributed by atoms with Crippen molar-refractivity contribution < 1.29 is 19.1 Å². The second-order valence-electron chi connectivity index (χ2n) is 8.10. The Hall–Kier alpha value is -3.69. The second-order valence-corrected chi connectivity index (χ2v) is 10.0. The number of ether oxygens (including phenoxy) is 1. The third kappa shape index (κ3) is 4.47. The van der Waals surface area contributed by atoms with E-state index in [0.29, 0.717) is 26.6 Å². The number of nitrogens with zero attached hydrogens (tertiary/aromatic N) is 2. The van der Waals surface area contributed by atoms with E-state index in [4.69, 9.17) is 9.15 Å². The van der Waals surface area contributed by atoms with E-state index in [9.17, 15) is 14.7 Å². The van der Waals surface area contributed by atoms with Crippen LogP contribution in [0.15, 0.2) is 90.6 Å². The van der Waals surface area contributed by atoms with Gasteiger partial charge in [-0.1, -0.05) is 51.5 Å². The summed E-state index contributed by atoms with van der Waals surface area (Å²) >= 11 is 4.66. The molecule has 0 radical (unpaired) electrons. The molecule has 1 aliphatic heterocycles. The molecule has 0 spiro atoms. The van der Waals surface area contributed by atoms with Gasteiger partial charge in [0.1, 0.15) is 23.3 Å². The third-order valence-electron chi connectivity index (χ3n) is 5.73. The zero-order chi connectivity index (χ0) is 25.4. The molecule has 2 aromatic carbocycles. The fraction of sp³-hybridized carbons (Fsp3) is 0.148. The predicted octanol–water partition coefficient (Wildman–Crippen LogP) is 4.53. The van der Waals surface area contributed by atoms with Crippen LogP contribution >= 0.6 is 27.3 Å². The summed E-state index contributed by atoms with van der Waals surface area (Å²) in [5.74, 6) is 0.644. The van der Waals surface area contributed by atoms with Crippen LogP contribution in [-0.4, -0.2) is 22.2 Å². The van der Waals surface area contributed by atoms with Gasteiger partial charge in [0.2, 0.25) is 0 Å². The number of phenols is 1. The van der Waals surface area contributed by atoms with E-state index in [2.05, 4.69) is 20.9 Å². The van der Waals surface area contributed by atoms with Crippen molar-refractivity contribution in [2.45, 2.75) is 19.9 Å². The van der Waals surface area contributed by atoms with Gasteiger partial charge in [-0.2, -0.15) is 0 Å². The Morgan fingerprint density at radius 3 is 2.58 bits per heavy atom. The monoisotopic (exact) mass is 564 g/mol. The highest BCUT2D eigenvalue weighted by Gasteiger charge is 2.35. The van der Waals surface area contributed by atoms with Gasteiger partial charge >= 0.3 is 5.97 Å². The number of aromatic nitrogens is 1. The van der Waals surface area contributed by atoms with E-state index in [-0.39, 0.29) is 23.5 Å². The smallest absolute Gasteiger partial charge is 0.338 e. The summed E-state index contributed by atoms with van der Waals surface area (Å²) in [4.78, 5) is 31.7. The fourth-order valence-electron chi connectivity index (χ4n) is 4.05. The van der Waals surface area contributed by atoms with Gasteiger partial charge in [0.05, 0.1) is 22.4 Å². The van der Waals surface area contributed by atoms with E-state index in [0.717, 1.165) is 15.6 Å². The van der Waals surface area contributed by atoms with Gasteiger partial charge in [-0.3, -0.25) is 9.36 Å². The first-order valence-corrected chi connectivity index (χ1v) is 12.8. The minimum atomic E-state index is -0.827. The molecule has 9 heteroatoms. The number of benzene rings is 2. The van der Waals surface area contributed by atoms with Crippen molar-refractivity contribution in [3.63, 3.8) is 0 Å². The summed E-state index contributed by atoms with van der Waals surface area (Å²) in [7, 11) is 0. The summed E-state index contributed by atoms with van der Waals surface area (Å²) in [6, 6.07) is 17.0. The molecule has 0 amide bonds. The molecule has 1 N–H and O–H groups in total. The molecule has 0 saturated heterocycles. The molecule has 0 aliphatic carbocycles. The van der Waals surface area contributed by atoms with Crippen LogP contribution < -0.4 is 14.9 Å². The molecular formula is C27H21BrN2O5S. The first-order valence-electron chi connectivity index (χ1n) is 11.2. The lowest BCUT2D eigenvalue weighted by Gasteiger charge is -2.22. The largest absolute Gasteiger partial charge is 0.508 e. The Morgan fingerprint density at radius 2 is 1.89 bits per heavy atom. The van der Waals surface area contributed by atoms with Gasteiger partial charge in [-0.25, -0.2) is 9.79 Å². The molecule has 182 valence electrons. The summed E-state index contributed by atoms with van der Waals surface area (Å²) in [6.07, 6.45) is 1.74. The van der Waals surface area contributed by atoms with Crippen molar-refractivity contribution in [3.8, 4) is 17.1 Å². The first kappa shape index (κ1) is 24.0. The maximum absolute atomic E-state index is 13.6. The minimum Gasteiger partial charge on any atom is -0.508 e. The van der Waals surface area contributed by atoms with Crippen LogP contribution in [0.4, 0.5) is 0 Å². The SMILES string of the molecule is CCOC(=O)C1=C(C)N=c2s/c(=C\c3ccc(O)cc3)c(=O)n2[C@H]1c1ccc(-c2ccc(Br)cc2)o1. The van der Waals surface area contributed by atoms with E-state index >= 15 is 0 Å². The first-order chi connectivity index (χ1) is 17.4. The number of furan rings is 1. The zero-order valence-electron chi connectivity index (χ0n) is 19.4. The number of fused-ring (bicyclic) bond motifs is 1. The fourth-order valence-corrected chi connectivity index (χ4v) is 5.36. The van der Waals surface area contributed by atoms with Crippen molar-refractivity contribution in [1.29, 1.82) is 0 Å². The number of hydrogen-bond acceptors (Lipinski definition) is 7. The average Bonchev–Trinajstić information content (AvgIpc) is 3.45. The Labute approximate surface area is 218 Å². The Kier molecular flexibility index (Phi) is 6.51. The van der Waals surface area contributed by atoms with Crippen LogP contribution in [0.5, 0.6) is 5.75 Å². The molecule has 3 heterocycles. The standard InChI is InChI=1S/C27H21BrN2O5S/c1-3-34-26(33)23-15(2)29-27-30(25(32)22(36-27)14-16-4-10-19(31)11-5-16)24(23)21-13-12-20(35-21)17-6-8-18(28)9-7-17/h4-14,24,31H,3H2,1-2H3/b22-14-/t24-/m0/s1. The Morgan fingerprint density at radius 1 is 1.17 bits per heavy atom. The van der Waals surface area contributed by atoms with Gasteiger partial charge in [0, 0.05) is 10.0 Å². The molecule has 2 aromatic heterocycles. The van der Waals surface area contributed by atoms with Crippen LogP contribution in [0, 0.1) is 0 Å². The number of carbonyl (C=O) groups excluding carboxylic acids is 1. The van der Waals surface area contributed by atoms with Crippen LogP contribution in [0.25, 0.3) is 17.4 Å². The molecule has 0 fully saturated rings. The predicted molar refractivity (Wildman–Crippen MR) is 140 cm³/mol. The number of thiazole rings is 1. The highest BCUT2D eigenvalue weighted by atomic mass is 79.9. The number of aromatic hydroxyl groups is 1. The Balaban J connectivity index is 1.68. The van der Waals surface area contributed by atoms with Gasteiger partial charge in [-0.15, -0.1) is 0 Å². The molecule has 0 unspecified atom stereocenters. The van der Waals surface area contributed by atoms with Gasteiger partial charge in [0.15, 0.2) is 4.80 Å². The molecule has 5 rings (SSSR count). The van der Waals surface area contributed by atoms with Crippen molar-refractivity contribution >= 4 is 39.3 Å². The number of rotatable bonds is 5. The number of phenolic OH excluding ortho intramolecular Hbond substituents is 1. The summed E-state index contributed by atoms with van der Waals surface area (Å²) in [5.41, 5.74) is 2.05. The zero-order valence-corrected chi connectivity index (χ0v) is 21.8. The lowest BCUT2D eigenvalue weighted by atomic mass is 10.0. The lowest BCUT2D eigenvalue weighted by molar-refractivity contribution is -0.139. The maximum atomic E-state index is 13.6. The number of carbonyl (C=O) groups is 1. The van der Waals surface area contributed by atoms with Crippen molar-refractivity contribution in [3.05, 3.63) is 107 Å². The van der Waals surface area contributed by atoms with Gasteiger partial charge < -0.3 is 14.3 Å².